The van der Waals surface area contributed by atoms with Gasteiger partial charge in [-0.2, -0.15) is 0 Å². The number of carbonyl (C=O) groups is 1. The van der Waals surface area contributed by atoms with Crippen LogP contribution < -0.4 is 25.8 Å². The zero-order chi connectivity index (χ0) is 16.5. The molecule has 0 aliphatic rings. The first-order chi connectivity index (χ1) is 10.4. The van der Waals surface area contributed by atoms with E-state index in [-0.39, 0.29) is 6.61 Å². The summed E-state index contributed by atoms with van der Waals surface area (Å²) in [6, 6.07) is 5.01. The number of ether oxygens (including phenoxy) is 2. The van der Waals surface area contributed by atoms with Crippen LogP contribution in [0.3, 0.4) is 0 Å². The Kier molecular flexibility index (Phi) is 7.48. The number of hydrogen-bond acceptors (Lipinski definition) is 5. The van der Waals surface area contributed by atoms with Crippen LogP contribution in [0.4, 0.5) is 4.79 Å². The number of aliphatic hydroxyl groups is 1. The van der Waals surface area contributed by atoms with Crippen molar-refractivity contribution in [3.8, 4) is 11.5 Å². The van der Waals surface area contributed by atoms with Gasteiger partial charge in [-0.3, -0.25) is 0 Å². The monoisotopic (exact) mass is 311 g/mol. The molecule has 0 saturated heterocycles. The predicted octanol–water partition coefficient (Wildman–Crippen LogP) is 0.601. The van der Waals surface area contributed by atoms with E-state index in [4.69, 9.17) is 15.2 Å². The van der Waals surface area contributed by atoms with E-state index in [0.29, 0.717) is 30.6 Å². The van der Waals surface area contributed by atoms with Crippen LogP contribution in [0.15, 0.2) is 18.2 Å². The van der Waals surface area contributed by atoms with Gasteiger partial charge in [0.15, 0.2) is 11.5 Å². The third-order valence-electron chi connectivity index (χ3n) is 2.89. The topological polar surface area (TPSA) is 106 Å². The molecule has 0 spiro atoms. The molecular formula is C15H25N3O4. The summed E-state index contributed by atoms with van der Waals surface area (Å²) in [7, 11) is 1.53. The molecule has 1 aromatic rings. The average molecular weight is 311 g/mol. The highest BCUT2D eigenvalue weighted by Gasteiger charge is 2.10. The Hall–Kier alpha value is -1.99. The molecule has 0 bridgehead atoms. The molecule has 1 rings (SSSR count). The lowest BCUT2D eigenvalue weighted by Crippen LogP contribution is -2.35. The Morgan fingerprint density at radius 3 is 2.68 bits per heavy atom. The molecule has 124 valence electrons. The molecule has 0 heterocycles. The second kappa shape index (κ2) is 9.11. The number of carbonyl (C=O) groups excluding carboxylic acids is 1. The van der Waals surface area contributed by atoms with Gasteiger partial charge in [0.05, 0.1) is 7.11 Å². The molecule has 0 aromatic heterocycles. The largest absolute Gasteiger partial charge is 0.493 e. The summed E-state index contributed by atoms with van der Waals surface area (Å²) in [5.74, 6) is 1.07. The Balaban J connectivity index is 2.57. The fourth-order valence-electron chi connectivity index (χ4n) is 1.75. The molecule has 2 amide bonds. The number of rotatable bonds is 9. The van der Waals surface area contributed by atoms with Crippen LogP contribution in [0.1, 0.15) is 19.4 Å². The van der Waals surface area contributed by atoms with E-state index in [1.54, 1.807) is 18.2 Å². The molecule has 0 aliphatic carbocycles. The molecule has 0 aliphatic heterocycles. The van der Waals surface area contributed by atoms with Gasteiger partial charge in [-0.05, 0) is 17.7 Å². The Morgan fingerprint density at radius 1 is 1.36 bits per heavy atom. The molecule has 1 aromatic carbocycles. The van der Waals surface area contributed by atoms with Crippen LogP contribution in [0.5, 0.6) is 11.5 Å². The van der Waals surface area contributed by atoms with Gasteiger partial charge in [0, 0.05) is 19.1 Å². The molecule has 1 atom stereocenters. The smallest absolute Gasteiger partial charge is 0.312 e. The molecule has 0 unspecified atom stereocenters. The van der Waals surface area contributed by atoms with Gasteiger partial charge < -0.3 is 30.9 Å². The standard InChI is InChI=1S/C15H25N3O4/c1-10(2)17-8-12(19)9-22-13-5-4-11(6-14(13)21-3)7-18-15(16)20/h4-6,10,12,17,19H,7-9H2,1-3H3,(H3,16,18,20)/t12-/m1/s1. The maximum Gasteiger partial charge on any atom is 0.312 e. The minimum Gasteiger partial charge on any atom is -0.493 e. The van der Waals surface area contributed by atoms with E-state index in [0.717, 1.165) is 5.56 Å². The lowest BCUT2D eigenvalue weighted by molar-refractivity contribution is 0.103. The van der Waals surface area contributed by atoms with Crippen molar-refractivity contribution >= 4 is 6.03 Å². The number of amides is 2. The molecule has 5 N–H and O–H groups in total. The number of aliphatic hydroxyl groups excluding tert-OH is 1. The van der Waals surface area contributed by atoms with Crippen molar-refractivity contribution < 1.29 is 19.4 Å². The van der Waals surface area contributed by atoms with E-state index in [1.807, 2.05) is 13.8 Å². The fourth-order valence-corrected chi connectivity index (χ4v) is 1.75. The second-order valence-electron chi connectivity index (χ2n) is 5.23. The van der Waals surface area contributed by atoms with Crippen molar-refractivity contribution in [1.29, 1.82) is 0 Å². The zero-order valence-electron chi connectivity index (χ0n) is 13.3. The number of primary amides is 1. The third kappa shape index (κ3) is 6.64. The average Bonchev–Trinajstić information content (AvgIpc) is 2.48. The minimum absolute atomic E-state index is 0.162. The molecule has 22 heavy (non-hydrogen) atoms. The summed E-state index contributed by atoms with van der Waals surface area (Å²) in [5, 5.41) is 15.5. The van der Waals surface area contributed by atoms with Crippen LogP contribution in [0.25, 0.3) is 0 Å². The van der Waals surface area contributed by atoms with Crippen molar-refractivity contribution in [2.45, 2.75) is 32.5 Å². The maximum atomic E-state index is 10.7. The van der Waals surface area contributed by atoms with Crippen molar-refractivity contribution in [2.24, 2.45) is 5.73 Å². The first-order valence-electron chi connectivity index (χ1n) is 7.16. The number of benzene rings is 1. The second-order valence-corrected chi connectivity index (χ2v) is 5.23. The van der Waals surface area contributed by atoms with Gasteiger partial charge >= 0.3 is 6.03 Å². The van der Waals surface area contributed by atoms with Crippen molar-refractivity contribution in [3.05, 3.63) is 23.8 Å². The van der Waals surface area contributed by atoms with E-state index < -0.39 is 12.1 Å². The van der Waals surface area contributed by atoms with Gasteiger partial charge in [-0.25, -0.2) is 4.79 Å². The SMILES string of the molecule is COc1cc(CNC(N)=O)ccc1OC[C@H](O)CNC(C)C. The van der Waals surface area contributed by atoms with Crippen molar-refractivity contribution in [3.63, 3.8) is 0 Å². The number of nitrogens with one attached hydrogen (secondary N) is 2. The summed E-state index contributed by atoms with van der Waals surface area (Å²) in [6.45, 7) is 4.95. The molecular weight excluding hydrogens is 286 g/mol. The van der Waals surface area contributed by atoms with Crippen LogP contribution >= 0.6 is 0 Å². The first-order valence-corrected chi connectivity index (χ1v) is 7.16. The van der Waals surface area contributed by atoms with Crippen LogP contribution in [0, 0.1) is 0 Å². The lowest BCUT2D eigenvalue weighted by atomic mass is 10.2. The minimum atomic E-state index is -0.608. The Labute approximate surface area is 130 Å². The molecule has 7 nitrogen and oxygen atoms in total. The van der Waals surface area contributed by atoms with Crippen LogP contribution in [-0.2, 0) is 6.54 Å². The summed E-state index contributed by atoms with van der Waals surface area (Å²) < 4.78 is 10.8. The van der Waals surface area contributed by atoms with Gasteiger partial charge in [0.25, 0.3) is 0 Å². The summed E-state index contributed by atoms with van der Waals surface area (Å²) >= 11 is 0. The highest BCUT2D eigenvalue weighted by molar-refractivity contribution is 5.71. The van der Waals surface area contributed by atoms with E-state index in [9.17, 15) is 9.90 Å². The van der Waals surface area contributed by atoms with Crippen molar-refractivity contribution in [1.82, 2.24) is 10.6 Å². The highest BCUT2D eigenvalue weighted by Crippen LogP contribution is 2.28. The maximum absolute atomic E-state index is 10.7. The zero-order valence-corrected chi connectivity index (χ0v) is 13.3. The third-order valence-corrected chi connectivity index (χ3v) is 2.89. The van der Waals surface area contributed by atoms with Crippen LogP contribution in [0.2, 0.25) is 0 Å². The predicted molar refractivity (Wildman–Crippen MR) is 84.1 cm³/mol. The van der Waals surface area contributed by atoms with Gasteiger partial charge in [0.2, 0.25) is 0 Å². The summed E-state index contributed by atoms with van der Waals surface area (Å²) in [5.41, 5.74) is 5.87. The van der Waals surface area contributed by atoms with Gasteiger partial charge in [0.1, 0.15) is 12.7 Å². The normalized spacial score (nSPS) is 12.0. The van der Waals surface area contributed by atoms with Crippen molar-refractivity contribution in [2.75, 3.05) is 20.3 Å². The molecule has 0 saturated carbocycles. The van der Waals surface area contributed by atoms with Gasteiger partial charge in [-0.1, -0.05) is 19.9 Å². The van der Waals surface area contributed by atoms with Gasteiger partial charge in [-0.15, -0.1) is 0 Å². The Bertz CT molecular complexity index is 480. The molecule has 7 heteroatoms. The molecule has 0 fully saturated rings. The first kappa shape index (κ1) is 18.1. The van der Waals surface area contributed by atoms with E-state index in [1.165, 1.54) is 7.11 Å². The van der Waals surface area contributed by atoms with Crippen LogP contribution in [-0.4, -0.2) is 43.5 Å². The summed E-state index contributed by atoms with van der Waals surface area (Å²) in [4.78, 5) is 10.7. The Morgan fingerprint density at radius 2 is 2.09 bits per heavy atom. The quantitative estimate of drug-likeness (QED) is 0.534. The lowest BCUT2D eigenvalue weighted by Gasteiger charge is -2.17. The number of hydrogen-bond donors (Lipinski definition) is 4. The molecule has 0 radical (unpaired) electrons. The number of methoxy groups -OCH3 is 1. The number of urea groups is 1. The van der Waals surface area contributed by atoms with E-state index in [2.05, 4.69) is 10.6 Å². The summed E-state index contributed by atoms with van der Waals surface area (Å²) in [6.07, 6.45) is -0.608. The fraction of sp³-hybridized carbons (Fsp3) is 0.533. The highest BCUT2D eigenvalue weighted by atomic mass is 16.5. The number of nitrogens with two attached hydrogens (primary N) is 1. The van der Waals surface area contributed by atoms with E-state index >= 15 is 0 Å².